The third-order valence-corrected chi connectivity index (χ3v) is 5.20. The monoisotopic (exact) mass is 360 g/mol. The molecule has 1 amide bonds. The van der Waals surface area contributed by atoms with Gasteiger partial charge in [-0.3, -0.25) is 14.2 Å². The molecule has 0 bridgehead atoms. The van der Waals surface area contributed by atoms with Crippen molar-refractivity contribution in [1.29, 1.82) is 0 Å². The average molecular weight is 360 g/mol. The van der Waals surface area contributed by atoms with E-state index in [1.165, 1.54) is 11.8 Å². The molecule has 1 aliphatic heterocycles. The number of thioether (sulfide) groups is 1. The van der Waals surface area contributed by atoms with E-state index >= 15 is 0 Å². The van der Waals surface area contributed by atoms with E-state index in [1.54, 1.807) is 29.7 Å². The maximum Gasteiger partial charge on any atom is 0.344 e. The minimum absolute atomic E-state index is 0.0234. The molecule has 8 nitrogen and oxygen atoms in total. The molecule has 2 aliphatic rings. The number of amides is 1. The number of rotatable bonds is 5. The standard InChI is InChI=1S/C16H16N4O4S/c1-8(25-16-19-18-15(23)20(16)10-3-4-10)14(22)9-2-5-12-11(6-9)17-13(21)7-24-12/h2,5-6,8,10H,3-4,7H2,1H3,(H,17,21)(H,18,23)/t8-/m0/s1. The summed E-state index contributed by atoms with van der Waals surface area (Å²) in [5, 5.41) is 9.28. The van der Waals surface area contributed by atoms with E-state index in [9.17, 15) is 14.4 Å². The number of ether oxygens (including phenoxy) is 1. The Morgan fingerprint density at radius 3 is 2.96 bits per heavy atom. The maximum absolute atomic E-state index is 12.7. The zero-order valence-electron chi connectivity index (χ0n) is 13.4. The number of H-pyrrole nitrogens is 1. The summed E-state index contributed by atoms with van der Waals surface area (Å²) in [6.45, 7) is 1.75. The van der Waals surface area contributed by atoms with Crippen molar-refractivity contribution in [3.05, 3.63) is 34.2 Å². The van der Waals surface area contributed by atoms with Crippen molar-refractivity contribution < 1.29 is 14.3 Å². The van der Waals surface area contributed by atoms with Crippen LogP contribution in [0.5, 0.6) is 5.75 Å². The van der Waals surface area contributed by atoms with Crippen LogP contribution in [0.15, 0.2) is 28.2 Å². The molecule has 1 atom stereocenters. The van der Waals surface area contributed by atoms with Gasteiger partial charge in [0.1, 0.15) is 5.75 Å². The molecule has 2 N–H and O–H groups in total. The largest absolute Gasteiger partial charge is 0.482 e. The zero-order chi connectivity index (χ0) is 17.6. The van der Waals surface area contributed by atoms with E-state index in [-0.39, 0.29) is 30.0 Å². The highest BCUT2D eigenvalue weighted by Crippen LogP contribution is 2.37. The first-order chi connectivity index (χ1) is 12.0. The molecule has 1 aromatic heterocycles. The Morgan fingerprint density at radius 2 is 2.20 bits per heavy atom. The van der Waals surface area contributed by atoms with Crippen molar-refractivity contribution in [2.24, 2.45) is 0 Å². The Hall–Kier alpha value is -2.55. The van der Waals surface area contributed by atoms with Gasteiger partial charge in [-0.1, -0.05) is 11.8 Å². The van der Waals surface area contributed by atoms with E-state index in [0.717, 1.165) is 12.8 Å². The van der Waals surface area contributed by atoms with Crippen LogP contribution in [0.2, 0.25) is 0 Å². The molecule has 130 valence electrons. The fourth-order valence-electron chi connectivity index (χ4n) is 2.71. The fourth-order valence-corrected chi connectivity index (χ4v) is 3.71. The van der Waals surface area contributed by atoms with Crippen molar-refractivity contribution in [3.63, 3.8) is 0 Å². The van der Waals surface area contributed by atoms with Crippen LogP contribution in [-0.2, 0) is 4.79 Å². The molecule has 0 unspecified atom stereocenters. The number of nitrogens with one attached hydrogen (secondary N) is 2. The van der Waals surface area contributed by atoms with Crippen LogP contribution >= 0.6 is 11.8 Å². The lowest BCUT2D eigenvalue weighted by Gasteiger charge is -2.19. The second kappa shape index (κ2) is 6.07. The van der Waals surface area contributed by atoms with Gasteiger partial charge in [0.15, 0.2) is 17.5 Å². The molecular weight excluding hydrogens is 344 g/mol. The second-order valence-electron chi connectivity index (χ2n) is 6.08. The van der Waals surface area contributed by atoms with Gasteiger partial charge in [-0.15, -0.1) is 5.10 Å². The highest BCUT2D eigenvalue weighted by Gasteiger charge is 2.30. The van der Waals surface area contributed by atoms with Crippen LogP contribution < -0.4 is 15.7 Å². The van der Waals surface area contributed by atoms with Gasteiger partial charge in [-0.2, -0.15) is 0 Å². The number of carbonyl (C=O) groups is 2. The molecule has 1 aliphatic carbocycles. The van der Waals surface area contributed by atoms with Crippen molar-refractivity contribution in [2.75, 3.05) is 11.9 Å². The Kier molecular flexibility index (Phi) is 3.87. The van der Waals surface area contributed by atoms with Gasteiger partial charge in [-0.25, -0.2) is 9.89 Å². The van der Waals surface area contributed by atoms with Crippen LogP contribution in [0.1, 0.15) is 36.2 Å². The number of anilines is 1. The van der Waals surface area contributed by atoms with Crippen LogP contribution in [0.3, 0.4) is 0 Å². The Morgan fingerprint density at radius 1 is 1.40 bits per heavy atom. The lowest BCUT2D eigenvalue weighted by Crippen LogP contribution is -2.26. The summed E-state index contributed by atoms with van der Waals surface area (Å²) in [7, 11) is 0. The van der Waals surface area contributed by atoms with Crippen LogP contribution in [0.4, 0.5) is 5.69 Å². The smallest absolute Gasteiger partial charge is 0.344 e. The molecule has 1 aromatic carbocycles. The molecular formula is C16H16N4O4S. The predicted molar refractivity (Wildman–Crippen MR) is 91.3 cm³/mol. The summed E-state index contributed by atoms with van der Waals surface area (Å²) in [6, 6.07) is 5.15. The third-order valence-electron chi connectivity index (χ3n) is 4.13. The topological polar surface area (TPSA) is 106 Å². The van der Waals surface area contributed by atoms with Gasteiger partial charge in [0.25, 0.3) is 5.91 Å². The summed E-state index contributed by atoms with van der Waals surface area (Å²) in [4.78, 5) is 36.0. The lowest BCUT2D eigenvalue weighted by atomic mass is 10.1. The van der Waals surface area contributed by atoms with Gasteiger partial charge in [0.05, 0.1) is 10.9 Å². The Balaban J connectivity index is 1.54. The van der Waals surface area contributed by atoms with Gasteiger partial charge in [0, 0.05) is 11.6 Å². The van der Waals surface area contributed by atoms with E-state index in [2.05, 4.69) is 15.5 Å². The van der Waals surface area contributed by atoms with Crippen molar-refractivity contribution in [2.45, 2.75) is 36.2 Å². The van der Waals surface area contributed by atoms with Gasteiger partial charge in [0.2, 0.25) is 0 Å². The van der Waals surface area contributed by atoms with E-state index < -0.39 is 5.25 Å². The lowest BCUT2D eigenvalue weighted by molar-refractivity contribution is -0.118. The first-order valence-corrected chi connectivity index (χ1v) is 8.85. The first-order valence-electron chi connectivity index (χ1n) is 7.97. The van der Waals surface area contributed by atoms with Crippen LogP contribution in [0.25, 0.3) is 0 Å². The molecule has 0 spiro atoms. The number of aromatic nitrogens is 3. The Bertz CT molecular complexity index is 915. The molecule has 0 saturated heterocycles. The quantitative estimate of drug-likeness (QED) is 0.620. The number of ketones is 1. The normalized spacial score (nSPS) is 17.4. The van der Waals surface area contributed by atoms with Crippen molar-refractivity contribution in [1.82, 2.24) is 14.8 Å². The maximum atomic E-state index is 12.7. The molecule has 25 heavy (non-hydrogen) atoms. The van der Waals surface area contributed by atoms with E-state index in [0.29, 0.717) is 22.2 Å². The molecule has 0 radical (unpaired) electrons. The molecule has 2 heterocycles. The van der Waals surface area contributed by atoms with Crippen LogP contribution in [-0.4, -0.2) is 38.3 Å². The molecule has 4 rings (SSSR count). The van der Waals surface area contributed by atoms with Crippen molar-refractivity contribution in [3.8, 4) is 5.75 Å². The van der Waals surface area contributed by atoms with E-state index in [1.807, 2.05) is 0 Å². The molecule has 9 heteroatoms. The summed E-state index contributed by atoms with van der Waals surface area (Å²) in [5.74, 6) is 0.196. The van der Waals surface area contributed by atoms with Gasteiger partial charge < -0.3 is 10.1 Å². The molecule has 1 saturated carbocycles. The number of aromatic amines is 1. The number of fused-ring (bicyclic) bond motifs is 1. The third kappa shape index (κ3) is 3.07. The fraction of sp³-hybridized carbons (Fsp3) is 0.375. The number of Topliss-reactive ketones (excluding diaryl/α,β-unsaturated/α-hetero) is 1. The first kappa shape index (κ1) is 15.9. The highest BCUT2D eigenvalue weighted by atomic mass is 32.2. The van der Waals surface area contributed by atoms with Crippen molar-refractivity contribution >= 4 is 29.1 Å². The number of carbonyl (C=O) groups excluding carboxylic acids is 2. The number of hydrogen-bond acceptors (Lipinski definition) is 6. The SMILES string of the molecule is C[C@H](Sc1n[nH]c(=O)n1C1CC1)C(=O)c1ccc2c(c1)NC(=O)CO2. The molecule has 1 fully saturated rings. The van der Waals surface area contributed by atoms with Gasteiger partial charge >= 0.3 is 5.69 Å². The minimum atomic E-state index is -0.425. The highest BCUT2D eigenvalue weighted by molar-refractivity contribution is 8.00. The summed E-state index contributed by atoms with van der Waals surface area (Å²) in [6.07, 6.45) is 1.92. The minimum Gasteiger partial charge on any atom is -0.482 e. The number of nitrogens with zero attached hydrogens (tertiary/aromatic N) is 2. The predicted octanol–water partition coefficient (Wildman–Crippen LogP) is 1.60. The Labute approximate surface area is 146 Å². The molecule has 2 aromatic rings. The second-order valence-corrected chi connectivity index (χ2v) is 7.39. The van der Waals surface area contributed by atoms with Gasteiger partial charge in [-0.05, 0) is 38.0 Å². The average Bonchev–Trinajstić information content (AvgIpc) is 3.37. The summed E-state index contributed by atoms with van der Waals surface area (Å²) >= 11 is 1.25. The zero-order valence-corrected chi connectivity index (χ0v) is 14.3. The van der Waals surface area contributed by atoms with E-state index in [4.69, 9.17) is 4.74 Å². The summed E-state index contributed by atoms with van der Waals surface area (Å²) in [5.41, 5.74) is 0.729. The number of hydrogen-bond donors (Lipinski definition) is 2. The number of benzene rings is 1. The van der Waals surface area contributed by atoms with Crippen LogP contribution in [0, 0.1) is 0 Å². The summed E-state index contributed by atoms with van der Waals surface area (Å²) < 4.78 is 6.92.